The van der Waals surface area contributed by atoms with E-state index in [2.05, 4.69) is 10.3 Å². The summed E-state index contributed by atoms with van der Waals surface area (Å²) in [4.78, 5) is 17.6. The number of hydrogen-bond acceptors (Lipinski definition) is 4. The first kappa shape index (κ1) is 18.6. The topological polar surface area (TPSA) is 82.3 Å². The Morgan fingerprint density at radius 3 is 2.64 bits per heavy atom. The monoisotopic (exact) mass is 397 g/mol. The van der Waals surface area contributed by atoms with Crippen LogP contribution in [0.3, 0.4) is 0 Å². The number of rotatable bonds is 5. The second-order valence-corrected chi connectivity index (χ2v) is 9.53. The van der Waals surface area contributed by atoms with Crippen molar-refractivity contribution in [2.45, 2.75) is 18.9 Å². The van der Waals surface area contributed by atoms with E-state index in [1.54, 1.807) is 0 Å². The normalized spacial score (nSPS) is 18.2. The van der Waals surface area contributed by atoms with Gasteiger partial charge in [0.05, 0.1) is 17.9 Å². The van der Waals surface area contributed by atoms with Gasteiger partial charge in [-0.15, -0.1) is 0 Å². The molecule has 146 valence electrons. The minimum atomic E-state index is -2.91. The van der Waals surface area contributed by atoms with Crippen molar-refractivity contribution in [3.63, 3.8) is 0 Å². The molecule has 0 spiro atoms. The third-order valence-corrected chi connectivity index (χ3v) is 7.09. The Kier molecular flexibility index (Phi) is 4.85. The van der Waals surface area contributed by atoms with Crippen LogP contribution in [0.15, 0.2) is 54.7 Å². The standard InChI is InChI=1S/C21H23N3O3S/c1-24(18-10-11-28(26,27)14-18)17-8-6-16(7-9-17)23-21(25)12-15-13-22-20-5-3-2-4-19(15)20/h2-9,13,18,22H,10-12,14H2,1H3,(H,23,25). The highest BCUT2D eigenvalue weighted by Crippen LogP contribution is 2.24. The van der Waals surface area contributed by atoms with E-state index in [0.29, 0.717) is 12.8 Å². The minimum Gasteiger partial charge on any atom is -0.371 e. The Hall–Kier alpha value is -2.80. The smallest absolute Gasteiger partial charge is 0.228 e. The molecule has 6 nitrogen and oxygen atoms in total. The van der Waals surface area contributed by atoms with Gasteiger partial charge < -0.3 is 15.2 Å². The lowest BCUT2D eigenvalue weighted by atomic mass is 10.1. The highest BCUT2D eigenvalue weighted by atomic mass is 32.2. The van der Waals surface area contributed by atoms with Crippen molar-refractivity contribution in [3.8, 4) is 0 Å². The predicted molar refractivity (Wildman–Crippen MR) is 113 cm³/mol. The molecule has 1 aliphatic rings. The summed E-state index contributed by atoms with van der Waals surface area (Å²) in [7, 11) is -1.00. The van der Waals surface area contributed by atoms with Gasteiger partial charge in [-0.25, -0.2) is 8.42 Å². The molecule has 0 bridgehead atoms. The van der Waals surface area contributed by atoms with Crippen molar-refractivity contribution in [1.29, 1.82) is 0 Å². The zero-order valence-corrected chi connectivity index (χ0v) is 16.5. The molecule has 1 amide bonds. The van der Waals surface area contributed by atoms with Crippen LogP contribution in [0.4, 0.5) is 11.4 Å². The molecule has 1 unspecified atom stereocenters. The molecule has 7 heteroatoms. The van der Waals surface area contributed by atoms with E-state index in [9.17, 15) is 13.2 Å². The third kappa shape index (κ3) is 3.89. The highest BCUT2D eigenvalue weighted by molar-refractivity contribution is 7.91. The number of carbonyl (C=O) groups is 1. The fraction of sp³-hybridized carbons (Fsp3) is 0.286. The molecular formula is C21H23N3O3S. The van der Waals surface area contributed by atoms with Crippen molar-refractivity contribution >= 4 is 38.0 Å². The second-order valence-electron chi connectivity index (χ2n) is 7.30. The molecule has 1 aromatic heterocycles. The van der Waals surface area contributed by atoms with Gasteiger partial charge in [0.15, 0.2) is 9.84 Å². The van der Waals surface area contributed by atoms with E-state index in [1.165, 1.54) is 0 Å². The summed E-state index contributed by atoms with van der Waals surface area (Å²) < 4.78 is 23.4. The van der Waals surface area contributed by atoms with Crippen molar-refractivity contribution in [1.82, 2.24) is 4.98 Å². The molecule has 28 heavy (non-hydrogen) atoms. The third-order valence-electron chi connectivity index (χ3n) is 5.34. The summed E-state index contributed by atoms with van der Waals surface area (Å²) in [6, 6.07) is 15.4. The van der Waals surface area contributed by atoms with Crippen molar-refractivity contribution in [2.24, 2.45) is 0 Å². The molecule has 1 fully saturated rings. The van der Waals surface area contributed by atoms with Gasteiger partial charge >= 0.3 is 0 Å². The zero-order valence-electron chi connectivity index (χ0n) is 15.7. The molecule has 2 heterocycles. The highest BCUT2D eigenvalue weighted by Gasteiger charge is 2.30. The van der Waals surface area contributed by atoms with E-state index >= 15 is 0 Å². The second kappa shape index (κ2) is 7.31. The van der Waals surface area contributed by atoms with E-state index in [1.807, 2.05) is 66.7 Å². The molecule has 1 aliphatic heterocycles. The number of amides is 1. The van der Waals surface area contributed by atoms with E-state index in [4.69, 9.17) is 0 Å². The molecule has 0 saturated carbocycles. The lowest BCUT2D eigenvalue weighted by Crippen LogP contribution is -2.32. The van der Waals surface area contributed by atoms with Gasteiger partial charge in [-0.05, 0) is 42.3 Å². The number of sulfone groups is 1. The van der Waals surface area contributed by atoms with Gasteiger partial charge in [0, 0.05) is 41.6 Å². The van der Waals surface area contributed by atoms with Gasteiger partial charge in [0.25, 0.3) is 0 Å². The molecule has 1 saturated heterocycles. The van der Waals surface area contributed by atoms with Crippen molar-refractivity contribution in [3.05, 3.63) is 60.3 Å². The van der Waals surface area contributed by atoms with E-state index in [-0.39, 0.29) is 23.5 Å². The first-order valence-corrected chi connectivity index (χ1v) is 11.1. The molecule has 3 aromatic rings. The number of para-hydroxylation sites is 1. The van der Waals surface area contributed by atoms with Crippen LogP contribution >= 0.6 is 0 Å². The average Bonchev–Trinajstić information content (AvgIpc) is 3.25. The summed E-state index contributed by atoms with van der Waals surface area (Å²) in [5.74, 6) is 0.379. The molecule has 2 N–H and O–H groups in total. The Morgan fingerprint density at radius 1 is 1.18 bits per heavy atom. The molecule has 4 rings (SSSR count). The number of nitrogens with zero attached hydrogens (tertiary/aromatic N) is 1. The molecule has 0 radical (unpaired) electrons. The zero-order chi connectivity index (χ0) is 19.7. The van der Waals surface area contributed by atoms with Gasteiger partial charge in [-0.3, -0.25) is 4.79 Å². The summed E-state index contributed by atoms with van der Waals surface area (Å²) in [6.07, 6.45) is 2.82. The van der Waals surface area contributed by atoms with Crippen LogP contribution in [-0.4, -0.2) is 43.9 Å². The lowest BCUT2D eigenvalue weighted by molar-refractivity contribution is -0.115. The quantitative estimate of drug-likeness (QED) is 0.693. The number of nitrogens with one attached hydrogen (secondary N) is 2. The van der Waals surface area contributed by atoms with Crippen LogP contribution in [-0.2, 0) is 21.1 Å². The number of benzene rings is 2. The molecule has 2 aromatic carbocycles. The van der Waals surface area contributed by atoms with Crippen LogP contribution in [0.25, 0.3) is 10.9 Å². The van der Waals surface area contributed by atoms with Gasteiger partial charge in [-0.1, -0.05) is 18.2 Å². The molecular weight excluding hydrogens is 374 g/mol. The van der Waals surface area contributed by atoms with Crippen LogP contribution in [0.5, 0.6) is 0 Å². The van der Waals surface area contributed by atoms with E-state index in [0.717, 1.165) is 27.8 Å². The van der Waals surface area contributed by atoms with Crippen LogP contribution in [0.1, 0.15) is 12.0 Å². The Morgan fingerprint density at radius 2 is 1.93 bits per heavy atom. The first-order valence-electron chi connectivity index (χ1n) is 9.29. The number of aromatic nitrogens is 1. The Bertz CT molecular complexity index is 1100. The minimum absolute atomic E-state index is 0.00677. The van der Waals surface area contributed by atoms with Gasteiger partial charge in [-0.2, -0.15) is 0 Å². The van der Waals surface area contributed by atoms with Gasteiger partial charge in [0.1, 0.15) is 0 Å². The number of H-pyrrole nitrogens is 1. The van der Waals surface area contributed by atoms with Gasteiger partial charge in [0.2, 0.25) is 5.91 Å². The fourth-order valence-corrected chi connectivity index (χ4v) is 5.50. The fourth-order valence-electron chi connectivity index (χ4n) is 3.73. The SMILES string of the molecule is CN(c1ccc(NC(=O)Cc2c[nH]c3ccccc23)cc1)C1CCS(=O)(=O)C1. The predicted octanol–water partition coefficient (Wildman–Crippen LogP) is 2.97. The lowest BCUT2D eigenvalue weighted by Gasteiger charge is -2.25. The average molecular weight is 398 g/mol. The number of anilines is 2. The number of aromatic amines is 1. The van der Waals surface area contributed by atoms with Crippen LogP contribution in [0, 0.1) is 0 Å². The summed E-state index contributed by atoms with van der Waals surface area (Å²) >= 11 is 0. The Balaban J connectivity index is 1.39. The number of carbonyl (C=O) groups excluding carboxylic acids is 1. The maximum Gasteiger partial charge on any atom is 0.228 e. The van der Waals surface area contributed by atoms with Crippen LogP contribution in [0.2, 0.25) is 0 Å². The molecule has 0 aliphatic carbocycles. The summed E-state index contributed by atoms with van der Waals surface area (Å²) in [5.41, 5.74) is 3.65. The maximum atomic E-state index is 12.4. The first-order chi connectivity index (χ1) is 13.4. The summed E-state index contributed by atoms with van der Waals surface area (Å²) in [6.45, 7) is 0. The van der Waals surface area contributed by atoms with Crippen molar-refractivity contribution in [2.75, 3.05) is 28.8 Å². The van der Waals surface area contributed by atoms with Crippen LogP contribution < -0.4 is 10.2 Å². The number of hydrogen-bond donors (Lipinski definition) is 2. The Labute approximate surface area is 164 Å². The van der Waals surface area contributed by atoms with Crippen molar-refractivity contribution < 1.29 is 13.2 Å². The van der Waals surface area contributed by atoms with E-state index < -0.39 is 9.84 Å². The largest absolute Gasteiger partial charge is 0.371 e. The number of fused-ring (bicyclic) bond motifs is 1. The summed E-state index contributed by atoms with van der Waals surface area (Å²) in [5, 5.41) is 3.98. The maximum absolute atomic E-state index is 12.4. The molecule has 1 atom stereocenters.